The number of halogens is 1. The monoisotopic (exact) mass is 332 g/mol. The van der Waals surface area contributed by atoms with E-state index in [9.17, 15) is 13.2 Å². The number of aromatic carboxylic acids is 1. The SMILES string of the molecule is C=C(CC)CS(=O)(=O)c1ccc(Br)c(C(=O)O)c1. The first kappa shape index (κ1) is 14.9. The smallest absolute Gasteiger partial charge is 0.336 e. The van der Waals surface area contributed by atoms with Crippen molar-refractivity contribution in [3.8, 4) is 0 Å². The van der Waals surface area contributed by atoms with E-state index in [1.54, 1.807) is 0 Å². The summed E-state index contributed by atoms with van der Waals surface area (Å²) in [6.07, 6.45) is 0.571. The molecule has 98 valence electrons. The largest absolute Gasteiger partial charge is 0.478 e. The van der Waals surface area contributed by atoms with Crippen LogP contribution in [0.2, 0.25) is 0 Å². The number of rotatable bonds is 5. The fraction of sp³-hybridized carbons (Fsp3) is 0.250. The Morgan fingerprint density at radius 3 is 2.56 bits per heavy atom. The molecule has 0 aliphatic heterocycles. The van der Waals surface area contributed by atoms with Gasteiger partial charge in [-0.3, -0.25) is 0 Å². The van der Waals surface area contributed by atoms with Crippen LogP contribution < -0.4 is 0 Å². The van der Waals surface area contributed by atoms with Crippen LogP contribution in [0.4, 0.5) is 0 Å². The van der Waals surface area contributed by atoms with Crippen LogP contribution >= 0.6 is 15.9 Å². The fourth-order valence-electron chi connectivity index (χ4n) is 1.32. The average Bonchev–Trinajstić information content (AvgIpc) is 2.28. The summed E-state index contributed by atoms with van der Waals surface area (Å²) >= 11 is 3.07. The molecule has 6 heteroatoms. The van der Waals surface area contributed by atoms with Crippen molar-refractivity contribution in [3.05, 3.63) is 40.4 Å². The Balaban J connectivity index is 3.22. The quantitative estimate of drug-likeness (QED) is 0.841. The van der Waals surface area contributed by atoms with Crippen molar-refractivity contribution in [2.24, 2.45) is 0 Å². The van der Waals surface area contributed by atoms with Crippen LogP contribution in [0.25, 0.3) is 0 Å². The van der Waals surface area contributed by atoms with Gasteiger partial charge in [-0.2, -0.15) is 0 Å². The lowest BCUT2D eigenvalue weighted by Gasteiger charge is -2.07. The minimum absolute atomic E-state index is 0.00213. The predicted molar refractivity (Wildman–Crippen MR) is 72.6 cm³/mol. The molecule has 1 rings (SSSR count). The van der Waals surface area contributed by atoms with Crippen molar-refractivity contribution >= 4 is 31.7 Å². The van der Waals surface area contributed by atoms with E-state index in [2.05, 4.69) is 22.5 Å². The summed E-state index contributed by atoms with van der Waals surface area (Å²) in [4.78, 5) is 10.9. The molecular weight excluding hydrogens is 320 g/mol. The maximum absolute atomic E-state index is 12.0. The van der Waals surface area contributed by atoms with E-state index >= 15 is 0 Å². The number of benzene rings is 1. The minimum Gasteiger partial charge on any atom is -0.478 e. The lowest BCUT2D eigenvalue weighted by Crippen LogP contribution is -2.10. The first-order chi connectivity index (χ1) is 8.27. The Morgan fingerprint density at radius 1 is 1.44 bits per heavy atom. The molecule has 0 heterocycles. The van der Waals surface area contributed by atoms with Gasteiger partial charge in [0.1, 0.15) is 0 Å². The van der Waals surface area contributed by atoms with Crippen LogP contribution in [-0.2, 0) is 9.84 Å². The normalized spacial score (nSPS) is 11.2. The standard InChI is InChI=1S/C12H13BrO4S/c1-3-8(2)7-18(16,17)9-4-5-11(13)10(6-9)12(14)15/h4-6H,2-3,7H2,1H3,(H,14,15). The molecule has 18 heavy (non-hydrogen) atoms. The van der Waals surface area contributed by atoms with Crippen LogP contribution in [0.5, 0.6) is 0 Å². The van der Waals surface area contributed by atoms with Gasteiger partial charge < -0.3 is 5.11 Å². The van der Waals surface area contributed by atoms with E-state index in [0.29, 0.717) is 16.5 Å². The van der Waals surface area contributed by atoms with Crippen LogP contribution in [0.1, 0.15) is 23.7 Å². The molecule has 4 nitrogen and oxygen atoms in total. The number of carboxylic acid groups (broad SMARTS) is 1. The highest BCUT2D eigenvalue weighted by Crippen LogP contribution is 2.22. The molecule has 0 unspecified atom stereocenters. The van der Waals surface area contributed by atoms with Gasteiger partial charge in [-0.25, -0.2) is 13.2 Å². The highest BCUT2D eigenvalue weighted by molar-refractivity contribution is 9.10. The van der Waals surface area contributed by atoms with E-state index < -0.39 is 15.8 Å². The van der Waals surface area contributed by atoms with Gasteiger partial charge in [-0.15, -0.1) is 0 Å². The zero-order valence-corrected chi connectivity index (χ0v) is 12.2. The van der Waals surface area contributed by atoms with Crippen molar-refractivity contribution in [2.75, 3.05) is 5.75 Å². The van der Waals surface area contributed by atoms with E-state index in [-0.39, 0.29) is 16.2 Å². The van der Waals surface area contributed by atoms with Crippen molar-refractivity contribution in [3.63, 3.8) is 0 Å². The zero-order chi connectivity index (χ0) is 13.9. The third-order valence-corrected chi connectivity index (χ3v) is 4.87. The van der Waals surface area contributed by atoms with Gasteiger partial charge in [0.2, 0.25) is 0 Å². The summed E-state index contributed by atoms with van der Waals surface area (Å²) in [5.41, 5.74) is 0.521. The van der Waals surface area contributed by atoms with Gasteiger partial charge in [0.15, 0.2) is 9.84 Å². The molecule has 0 saturated heterocycles. The van der Waals surface area contributed by atoms with Gasteiger partial charge in [-0.05, 0) is 40.5 Å². The molecule has 0 aliphatic carbocycles. The van der Waals surface area contributed by atoms with Crippen molar-refractivity contribution in [2.45, 2.75) is 18.2 Å². The number of hydrogen-bond acceptors (Lipinski definition) is 3. The first-order valence-corrected chi connectivity index (χ1v) is 7.64. The lowest BCUT2D eigenvalue weighted by atomic mass is 10.2. The molecular formula is C12H13BrO4S. The van der Waals surface area contributed by atoms with Crippen LogP contribution in [0.15, 0.2) is 39.7 Å². The average molecular weight is 333 g/mol. The van der Waals surface area contributed by atoms with E-state index in [0.717, 1.165) is 6.07 Å². The summed E-state index contributed by atoms with van der Waals surface area (Å²) in [6.45, 7) is 5.48. The molecule has 1 N–H and O–H groups in total. The summed E-state index contributed by atoms with van der Waals surface area (Å²) in [7, 11) is -3.53. The zero-order valence-electron chi connectivity index (χ0n) is 9.81. The highest BCUT2D eigenvalue weighted by atomic mass is 79.9. The Kier molecular flexibility index (Phi) is 4.70. The van der Waals surface area contributed by atoms with Gasteiger partial charge >= 0.3 is 5.97 Å². The third kappa shape index (κ3) is 3.43. The van der Waals surface area contributed by atoms with Crippen molar-refractivity contribution in [1.82, 2.24) is 0 Å². The number of sulfone groups is 1. The molecule has 0 saturated carbocycles. The molecule has 0 atom stereocenters. The first-order valence-electron chi connectivity index (χ1n) is 5.20. The highest BCUT2D eigenvalue weighted by Gasteiger charge is 2.18. The molecule has 0 radical (unpaired) electrons. The summed E-state index contributed by atoms with van der Waals surface area (Å²) < 4.78 is 24.4. The van der Waals surface area contributed by atoms with Gasteiger partial charge in [-0.1, -0.05) is 19.1 Å². The van der Waals surface area contributed by atoms with Gasteiger partial charge in [0, 0.05) is 4.47 Å². The third-order valence-electron chi connectivity index (χ3n) is 2.42. The maximum atomic E-state index is 12.0. The predicted octanol–water partition coefficient (Wildman–Crippen LogP) is 2.89. The van der Waals surface area contributed by atoms with Gasteiger partial charge in [0.05, 0.1) is 16.2 Å². The Labute approximate surface area is 114 Å². The molecule has 0 spiro atoms. The van der Waals surface area contributed by atoms with Crippen molar-refractivity contribution in [1.29, 1.82) is 0 Å². The second kappa shape index (κ2) is 5.67. The number of carbonyl (C=O) groups is 1. The fourth-order valence-corrected chi connectivity index (χ4v) is 3.21. The Morgan fingerprint density at radius 2 is 2.06 bits per heavy atom. The summed E-state index contributed by atoms with van der Waals surface area (Å²) in [5, 5.41) is 8.94. The summed E-state index contributed by atoms with van der Waals surface area (Å²) in [5.74, 6) is -1.34. The number of hydrogen-bond donors (Lipinski definition) is 1. The topological polar surface area (TPSA) is 71.4 Å². The second-order valence-corrected chi connectivity index (χ2v) is 6.65. The molecule has 1 aromatic carbocycles. The minimum atomic E-state index is -3.53. The second-order valence-electron chi connectivity index (χ2n) is 3.81. The van der Waals surface area contributed by atoms with Gasteiger partial charge in [0.25, 0.3) is 0 Å². The van der Waals surface area contributed by atoms with E-state index in [1.165, 1.54) is 12.1 Å². The van der Waals surface area contributed by atoms with Crippen LogP contribution in [0.3, 0.4) is 0 Å². The Bertz CT molecular complexity index is 590. The number of carboxylic acids is 1. The maximum Gasteiger partial charge on any atom is 0.336 e. The summed E-state index contributed by atoms with van der Waals surface area (Å²) in [6, 6.07) is 3.96. The molecule has 0 aliphatic rings. The molecule has 0 fully saturated rings. The van der Waals surface area contributed by atoms with E-state index in [4.69, 9.17) is 5.11 Å². The molecule has 0 amide bonds. The van der Waals surface area contributed by atoms with E-state index in [1.807, 2.05) is 6.92 Å². The molecule has 1 aromatic rings. The Hall–Kier alpha value is -1.14. The molecule has 0 bridgehead atoms. The lowest BCUT2D eigenvalue weighted by molar-refractivity contribution is 0.0695. The van der Waals surface area contributed by atoms with Crippen LogP contribution in [0, 0.1) is 0 Å². The van der Waals surface area contributed by atoms with Crippen LogP contribution in [-0.4, -0.2) is 25.2 Å². The molecule has 0 aromatic heterocycles. The van der Waals surface area contributed by atoms with Crippen molar-refractivity contribution < 1.29 is 18.3 Å².